The van der Waals surface area contributed by atoms with Crippen LogP contribution in [-0.2, 0) is 17.6 Å². The zero-order chi connectivity index (χ0) is 22.0. The Balaban J connectivity index is 1.46. The topological polar surface area (TPSA) is 83.6 Å². The van der Waals surface area contributed by atoms with E-state index in [4.69, 9.17) is 0 Å². The summed E-state index contributed by atoms with van der Waals surface area (Å²) in [7, 11) is 0. The molecule has 2 aromatic heterocycles. The molecule has 160 valence electrons. The maximum absolute atomic E-state index is 12.7. The van der Waals surface area contributed by atoms with Gasteiger partial charge in [-0.15, -0.1) is 21.5 Å². The number of nitriles is 1. The van der Waals surface area contributed by atoms with Crippen LogP contribution in [0.1, 0.15) is 47.2 Å². The molecule has 0 bridgehead atoms. The molecule has 0 saturated heterocycles. The van der Waals surface area contributed by atoms with Crippen LogP contribution in [0.3, 0.4) is 0 Å². The number of carbonyl (C=O) groups is 1. The molecule has 0 aliphatic heterocycles. The van der Waals surface area contributed by atoms with Crippen LogP contribution in [0.25, 0.3) is 5.69 Å². The lowest BCUT2D eigenvalue weighted by Gasteiger charge is -2.20. The van der Waals surface area contributed by atoms with E-state index >= 15 is 0 Å². The molecule has 8 heteroatoms. The highest BCUT2D eigenvalue weighted by Gasteiger charge is 2.26. The zero-order valence-corrected chi connectivity index (χ0v) is 19.6. The summed E-state index contributed by atoms with van der Waals surface area (Å²) in [5.74, 6) is 1.51. The van der Waals surface area contributed by atoms with Crippen molar-refractivity contribution < 1.29 is 4.79 Å². The number of nitrogens with zero attached hydrogens (tertiary/aromatic N) is 4. The summed E-state index contributed by atoms with van der Waals surface area (Å²) < 4.78 is 1.95. The molecule has 1 atom stereocenters. The van der Waals surface area contributed by atoms with Crippen molar-refractivity contribution in [2.45, 2.75) is 51.6 Å². The molecule has 1 N–H and O–H groups in total. The van der Waals surface area contributed by atoms with Gasteiger partial charge in [-0.3, -0.25) is 9.36 Å². The third kappa shape index (κ3) is 4.53. The van der Waals surface area contributed by atoms with E-state index in [1.807, 2.05) is 42.7 Å². The van der Waals surface area contributed by atoms with Crippen LogP contribution in [0.2, 0.25) is 0 Å². The molecule has 4 rings (SSSR count). The molecule has 1 amide bonds. The Bertz CT molecular complexity index is 1140. The van der Waals surface area contributed by atoms with Crippen LogP contribution in [0, 0.1) is 31.1 Å². The summed E-state index contributed by atoms with van der Waals surface area (Å²) in [5.41, 5.74) is 3.93. The molecule has 1 aliphatic carbocycles. The quantitative estimate of drug-likeness (QED) is 0.530. The van der Waals surface area contributed by atoms with Gasteiger partial charge in [0.25, 0.3) is 0 Å². The minimum absolute atomic E-state index is 0.136. The maximum atomic E-state index is 12.7. The number of aromatic nitrogens is 3. The highest BCUT2D eigenvalue weighted by atomic mass is 32.2. The number of hydrogen-bond acceptors (Lipinski definition) is 6. The molecule has 3 aromatic rings. The summed E-state index contributed by atoms with van der Waals surface area (Å²) in [6.07, 6.45) is 4.20. The Morgan fingerprint density at radius 3 is 2.81 bits per heavy atom. The number of rotatable bonds is 6. The van der Waals surface area contributed by atoms with Gasteiger partial charge in [0, 0.05) is 10.6 Å². The number of thioether (sulfide) groups is 1. The summed E-state index contributed by atoms with van der Waals surface area (Å²) in [6, 6.07) is 10.4. The third-order valence-electron chi connectivity index (χ3n) is 5.73. The van der Waals surface area contributed by atoms with Crippen molar-refractivity contribution in [2.24, 2.45) is 5.92 Å². The van der Waals surface area contributed by atoms with E-state index in [1.165, 1.54) is 22.2 Å². The molecule has 1 aromatic carbocycles. The average Bonchev–Trinajstić information content (AvgIpc) is 3.31. The fraction of sp³-hybridized carbons (Fsp3) is 0.391. The Hall–Kier alpha value is -2.63. The number of hydrogen-bond donors (Lipinski definition) is 1. The lowest BCUT2D eigenvalue weighted by molar-refractivity contribution is -0.113. The van der Waals surface area contributed by atoms with Gasteiger partial charge in [-0.2, -0.15) is 5.26 Å². The number of fused-ring (bicyclic) bond motifs is 1. The number of nitrogens with one attached hydrogen (secondary N) is 1. The molecular weight excluding hydrogens is 426 g/mol. The Kier molecular flexibility index (Phi) is 6.44. The highest BCUT2D eigenvalue weighted by molar-refractivity contribution is 7.99. The second-order valence-corrected chi connectivity index (χ2v) is 9.92. The van der Waals surface area contributed by atoms with Crippen LogP contribution >= 0.6 is 23.1 Å². The van der Waals surface area contributed by atoms with Gasteiger partial charge >= 0.3 is 0 Å². The van der Waals surface area contributed by atoms with Crippen LogP contribution < -0.4 is 5.32 Å². The molecule has 0 radical (unpaired) electrons. The van der Waals surface area contributed by atoms with E-state index in [9.17, 15) is 10.1 Å². The standard InChI is InChI=1S/C23H25N5OS2/c1-4-16-7-10-18-19(12-24)22(31-20(18)11-16)25-21(29)13-30-23-27-26-15(3)28(23)17-8-5-14(2)6-9-17/h5-6,8-9,16H,4,7,10-11,13H2,1-3H3,(H,25,29). The van der Waals surface area contributed by atoms with E-state index in [-0.39, 0.29) is 11.7 Å². The van der Waals surface area contributed by atoms with Gasteiger partial charge in [0.05, 0.1) is 11.3 Å². The van der Waals surface area contributed by atoms with E-state index in [2.05, 4.69) is 28.5 Å². The zero-order valence-electron chi connectivity index (χ0n) is 17.9. The Labute approximate surface area is 190 Å². The molecule has 6 nitrogen and oxygen atoms in total. The lowest BCUT2D eigenvalue weighted by atomic mass is 9.86. The molecule has 1 unspecified atom stereocenters. The van der Waals surface area contributed by atoms with Gasteiger partial charge in [0.2, 0.25) is 5.91 Å². The molecule has 1 aliphatic rings. The molecular formula is C23H25N5OS2. The van der Waals surface area contributed by atoms with E-state index < -0.39 is 0 Å². The minimum Gasteiger partial charge on any atom is -0.316 e. The van der Waals surface area contributed by atoms with Gasteiger partial charge in [0.15, 0.2) is 5.16 Å². The first-order valence-electron chi connectivity index (χ1n) is 10.5. The van der Waals surface area contributed by atoms with E-state index in [0.717, 1.165) is 42.8 Å². The number of benzene rings is 1. The van der Waals surface area contributed by atoms with Crippen LogP contribution in [0.5, 0.6) is 0 Å². The average molecular weight is 452 g/mol. The molecule has 0 fully saturated rings. The van der Waals surface area contributed by atoms with Gasteiger partial charge in [-0.05, 0) is 56.7 Å². The fourth-order valence-corrected chi connectivity index (χ4v) is 6.06. The van der Waals surface area contributed by atoms with Crippen molar-refractivity contribution in [1.29, 1.82) is 5.26 Å². The minimum atomic E-state index is -0.136. The van der Waals surface area contributed by atoms with Crippen molar-refractivity contribution in [3.63, 3.8) is 0 Å². The van der Waals surface area contributed by atoms with Gasteiger partial charge in [-0.25, -0.2) is 0 Å². The first kappa shape index (κ1) is 21.6. The van der Waals surface area contributed by atoms with E-state index in [0.29, 0.717) is 21.6 Å². The van der Waals surface area contributed by atoms with Crippen LogP contribution in [-0.4, -0.2) is 26.4 Å². The van der Waals surface area contributed by atoms with Crippen molar-refractivity contribution in [1.82, 2.24) is 14.8 Å². The maximum Gasteiger partial charge on any atom is 0.235 e. The Morgan fingerprint density at radius 1 is 1.32 bits per heavy atom. The lowest BCUT2D eigenvalue weighted by Crippen LogP contribution is -2.15. The summed E-state index contributed by atoms with van der Waals surface area (Å²) in [5, 5.41) is 22.4. The number of anilines is 1. The highest BCUT2D eigenvalue weighted by Crippen LogP contribution is 2.40. The van der Waals surface area contributed by atoms with Crippen LogP contribution in [0.4, 0.5) is 5.00 Å². The number of amides is 1. The summed E-state index contributed by atoms with van der Waals surface area (Å²) in [4.78, 5) is 14.0. The molecule has 31 heavy (non-hydrogen) atoms. The van der Waals surface area contributed by atoms with Crippen LogP contribution in [0.15, 0.2) is 29.4 Å². The first-order valence-corrected chi connectivity index (χ1v) is 12.3. The second kappa shape index (κ2) is 9.25. The number of thiophene rings is 1. The first-order chi connectivity index (χ1) is 15.0. The fourth-order valence-electron chi connectivity index (χ4n) is 3.93. The summed E-state index contributed by atoms with van der Waals surface area (Å²) in [6.45, 7) is 6.16. The van der Waals surface area contributed by atoms with Crippen molar-refractivity contribution >= 4 is 34.0 Å². The van der Waals surface area contributed by atoms with Crippen molar-refractivity contribution in [3.05, 3.63) is 51.7 Å². The van der Waals surface area contributed by atoms with Gasteiger partial charge in [-0.1, -0.05) is 42.8 Å². The molecule has 0 saturated carbocycles. The number of aryl methyl sites for hydroxylation is 2. The van der Waals surface area contributed by atoms with Crippen molar-refractivity contribution in [3.8, 4) is 11.8 Å². The number of carbonyl (C=O) groups excluding carboxylic acids is 1. The normalized spacial score (nSPS) is 15.4. The smallest absolute Gasteiger partial charge is 0.235 e. The summed E-state index contributed by atoms with van der Waals surface area (Å²) >= 11 is 2.91. The van der Waals surface area contributed by atoms with Gasteiger partial charge < -0.3 is 5.32 Å². The SMILES string of the molecule is CCC1CCc2c(sc(NC(=O)CSc3nnc(C)n3-c3ccc(C)cc3)c2C#N)C1. The third-order valence-corrected chi connectivity index (χ3v) is 7.83. The molecule has 0 spiro atoms. The van der Waals surface area contributed by atoms with E-state index in [1.54, 1.807) is 11.3 Å². The molecule has 2 heterocycles. The monoisotopic (exact) mass is 451 g/mol. The van der Waals surface area contributed by atoms with Gasteiger partial charge in [0.1, 0.15) is 16.9 Å². The predicted molar refractivity (Wildman–Crippen MR) is 125 cm³/mol. The van der Waals surface area contributed by atoms with Crippen molar-refractivity contribution in [2.75, 3.05) is 11.1 Å². The second-order valence-electron chi connectivity index (χ2n) is 7.87. The largest absolute Gasteiger partial charge is 0.316 e. The Morgan fingerprint density at radius 2 is 2.10 bits per heavy atom. The predicted octanol–water partition coefficient (Wildman–Crippen LogP) is 5.06.